The van der Waals surface area contributed by atoms with Gasteiger partial charge in [-0.25, -0.2) is 0 Å². The molecule has 1 N–H and O–H groups in total. The highest BCUT2D eigenvalue weighted by Crippen LogP contribution is 2.28. The van der Waals surface area contributed by atoms with Gasteiger partial charge in [0.25, 0.3) is 0 Å². The van der Waals surface area contributed by atoms with Crippen molar-refractivity contribution in [1.82, 2.24) is 10.3 Å². The lowest BCUT2D eigenvalue weighted by Gasteiger charge is -2.19. The highest BCUT2D eigenvalue weighted by molar-refractivity contribution is 5.76. The quantitative estimate of drug-likeness (QED) is 0.773. The fourth-order valence-corrected chi connectivity index (χ4v) is 3.35. The Hall–Kier alpha value is -2.60. The van der Waals surface area contributed by atoms with E-state index >= 15 is 0 Å². The van der Waals surface area contributed by atoms with Gasteiger partial charge in [-0.05, 0) is 48.2 Å². The van der Waals surface area contributed by atoms with Gasteiger partial charge in [-0.15, -0.1) is 0 Å². The molecule has 0 bridgehead atoms. The minimum atomic E-state index is 0.0417. The summed E-state index contributed by atoms with van der Waals surface area (Å²) in [5.74, 6) is 1.70. The van der Waals surface area contributed by atoms with Gasteiger partial charge in [-0.2, -0.15) is 0 Å². The van der Waals surface area contributed by atoms with Crippen molar-refractivity contribution in [2.75, 3.05) is 27.4 Å². The molecule has 1 aliphatic heterocycles. The Labute approximate surface area is 159 Å². The van der Waals surface area contributed by atoms with Crippen molar-refractivity contribution in [2.45, 2.75) is 25.3 Å². The number of hydrogen-bond donors (Lipinski definition) is 1. The van der Waals surface area contributed by atoms with Crippen molar-refractivity contribution in [3.8, 4) is 11.5 Å². The van der Waals surface area contributed by atoms with Gasteiger partial charge in [0, 0.05) is 24.7 Å². The molecular formula is C21H26N2O4. The lowest BCUT2D eigenvalue weighted by atomic mass is 9.95. The Bertz CT molecular complexity index is 751. The Balaban J connectivity index is 1.51. The van der Waals surface area contributed by atoms with E-state index in [9.17, 15) is 4.79 Å². The van der Waals surface area contributed by atoms with Crippen LogP contribution in [0.25, 0.3) is 0 Å². The molecule has 0 radical (unpaired) electrons. The van der Waals surface area contributed by atoms with Gasteiger partial charge < -0.3 is 19.5 Å². The third-order valence-corrected chi connectivity index (χ3v) is 4.88. The molecule has 2 aromatic rings. The molecule has 6 heteroatoms. The molecule has 1 fully saturated rings. The number of nitrogens with zero attached hydrogens (tertiary/aromatic N) is 1. The normalized spacial score (nSPS) is 18.9. The van der Waals surface area contributed by atoms with Crippen LogP contribution in [-0.2, 0) is 22.4 Å². The monoisotopic (exact) mass is 370 g/mol. The third kappa shape index (κ3) is 5.20. The lowest BCUT2D eigenvalue weighted by molar-refractivity contribution is -0.122. The predicted molar refractivity (Wildman–Crippen MR) is 102 cm³/mol. The first-order chi connectivity index (χ1) is 13.2. The second-order valence-electron chi connectivity index (χ2n) is 6.72. The zero-order chi connectivity index (χ0) is 19.1. The van der Waals surface area contributed by atoms with Crippen LogP contribution in [0.3, 0.4) is 0 Å². The molecule has 2 atom stereocenters. The minimum Gasteiger partial charge on any atom is -0.493 e. The Morgan fingerprint density at radius 2 is 1.89 bits per heavy atom. The van der Waals surface area contributed by atoms with Gasteiger partial charge in [0.2, 0.25) is 5.91 Å². The van der Waals surface area contributed by atoms with Crippen LogP contribution in [0, 0.1) is 5.92 Å². The van der Waals surface area contributed by atoms with Crippen LogP contribution < -0.4 is 14.8 Å². The van der Waals surface area contributed by atoms with Gasteiger partial charge in [0.15, 0.2) is 11.5 Å². The number of rotatable bonds is 8. The molecule has 1 aliphatic rings. The van der Waals surface area contributed by atoms with Crippen molar-refractivity contribution >= 4 is 5.91 Å². The van der Waals surface area contributed by atoms with Gasteiger partial charge in [-0.1, -0.05) is 6.07 Å². The molecule has 1 aromatic carbocycles. The zero-order valence-corrected chi connectivity index (χ0v) is 15.8. The van der Waals surface area contributed by atoms with Crippen LogP contribution in [0.5, 0.6) is 11.5 Å². The smallest absolute Gasteiger partial charge is 0.220 e. The molecular weight excluding hydrogens is 344 g/mol. The van der Waals surface area contributed by atoms with Crippen molar-refractivity contribution in [2.24, 2.45) is 5.92 Å². The average molecular weight is 370 g/mol. The summed E-state index contributed by atoms with van der Waals surface area (Å²) in [5.41, 5.74) is 2.25. The van der Waals surface area contributed by atoms with Crippen molar-refractivity contribution in [3.63, 3.8) is 0 Å². The largest absolute Gasteiger partial charge is 0.493 e. The van der Waals surface area contributed by atoms with Crippen LogP contribution in [0.15, 0.2) is 42.7 Å². The summed E-state index contributed by atoms with van der Waals surface area (Å²) in [7, 11) is 3.22. The maximum Gasteiger partial charge on any atom is 0.220 e. The first kappa shape index (κ1) is 19.2. The Morgan fingerprint density at radius 1 is 1.11 bits per heavy atom. The second-order valence-corrected chi connectivity index (χ2v) is 6.72. The van der Waals surface area contributed by atoms with E-state index in [1.165, 1.54) is 5.56 Å². The predicted octanol–water partition coefficient (Wildman–Crippen LogP) is 2.41. The fourth-order valence-electron chi connectivity index (χ4n) is 3.35. The third-order valence-electron chi connectivity index (χ3n) is 4.88. The first-order valence-corrected chi connectivity index (χ1v) is 9.16. The van der Waals surface area contributed by atoms with E-state index in [1.54, 1.807) is 26.6 Å². The van der Waals surface area contributed by atoms with Gasteiger partial charge in [-0.3, -0.25) is 9.78 Å². The number of aryl methyl sites for hydroxylation is 1. The molecule has 144 valence electrons. The summed E-state index contributed by atoms with van der Waals surface area (Å²) >= 11 is 0. The summed E-state index contributed by atoms with van der Waals surface area (Å²) in [6.07, 6.45) is 5.54. The Kier molecular flexibility index (Phi) is 6.65. The van der Waals surface area contributed by atoms with E-state index in [1.807, 2.05) is 30.3 Å². The van der Waals surface area contributed by atoms with Crippen LogP contribution in [-0.4, -0.2) is 44.4 Å². The van der Waals surface area contributed by atoms with Gasteiger partial charge >= 0.3 is 0 Å². The van der Waals surface area contributed by atoms with Crippen LogP contribution in [0.2, 0.25) is 0 Å². The Morgan fingerprint density at radius 3 is 2.63 bits per heavy atom. The van der Waals surface area contributed by atoms with Gasteiger partial charge in [0.05, 0.1) is 33.5 Å². The van der Waals surface area contributed by atoms with Crippen LogP contribution >= 0.6 is 0 Å². The SMILES string of the molecule is COc1ccc(CCC(=O)NC2COCC2Cc2ccncc2)cc1OC. The van der Waals surface area contributed by atoms with Crippen molar-refractivity contribution in [1.29, 1.82) is 0 Å². The molecule has 1 amide bonds. The summed E-state index contributed by atoms with van der Waals surface area (Å²) in [6, 6.07) is 9.80. The van der Waals surface area contributed by atoms with Crippen molar-refractivity contribution < 1.29 is 19.0 Å². The van der Waals surface area contributed by atoms with Crippen LogP contribution in [0.4, 0.5) is 0 Å². The topological polar surface area (TPSA) is 69.7 Å². The number of benzene rings is 1. The number of methoxy groups -OCH3 is 2. The second kappa shape index (κ2) is 9.37. The minimum absolute atomic E-state index is 0.0417. The van der Waals surface area contributed by atoms with E-state index in [2.05, 4.69) is 10.3 Å². The standard InChI is InChI=1S/C21H26N2O4/c1-25-19-5-3-15(12-20(19)26-2)4-6-21(24)23-18-14-27-13-17(18)11-16-7-9-22-10-8-16/h3,5,7-10,12,17-18H,4,6,11,13-14H2,1-2H3,(H,23,24). The first-order valence-electron chi connectivity index (χ1n) is 9.16. The van der Waals surface area contributed by atoms with E-state index in [4.69, 9.17) is 14.2 Å². The number of pyridine rings is 1. The number of amides is 1. The number of ether oxygens (including phenoxy) is 3. The van der Waals surface area contributed by atoms with E-state index in [0.29, 0.717) is 37.6 Å². The maximum atomic E-state index is 12.4. The van der Waals surface area contributed by atoms with Gasteiger partial charge in [0.1, 0.15) is 0 Å². The summed E-state index contributed by atoms with van der Waals surface area (Å²) < 4.78 is 16.2. The molecule has 1 saturated heterocycles. The molecule has 0 aliphatic carbocycles. The number of carbonyl (C=O) groups excluding carboxylic acids is 1. The number of nitrogens with one attached hydrogen (secondary N) is 1. The molecule has 27 heavy (non-hydrogen) atoms. The van der Waals surface area contributed by atoms with E-state index in [-0.39, 0.29) is 17.9 Å². The van der Waals surface area contributed by atoms with Crippen molar-refractivity contribution in [3.05, 3.63) is 53.9 Å². The lowest BCUT2D eigenvalue weighted by Crippen LogP contribution is -2.40. The number of carbonyl (C=O) groups is 1. The summed E-state index contributed by atoms with van der Waals surface area (Å²) in [4.78, 5) is 16.5. The summed E-state index contributed by atoms with van der Waals surface area (Å²) in [5, 5.41) is 3.14. The molecule has 2 heterocycles. The molecule has 1 aromatic heterocycles. The number of hydrogen-bond acceptors (Lipinski definition) is 5. The highest BCUT2D eigenvalue weighted by atomic mass is 16.5. The highest BCUT2D eigenvalue weighted by Gasteiger charge is 2.29. The van der Waals surface area contributed by atoms with E-state index < -0.39 is 0 Å². The molecule has 2 unspecified atom stereocenters. The average Bonchev–Trinajstić information content (AvgIpc) is 3.13. The molecule has 0 spiro atoms. The fraction of sp³-hybridized carbons (Fsp3) is 0.429. The van der Waals surface area contributed by atoms with Crippen LogP contribution in [0.1, 0.15) is 17.5 Å². The summed E-state index contributed by atoms with van der Waals surface area (Å²) in [6.45, 7) is 1.24. The molecule has 3 rings (SSSR count). The molecule has 0 saturated carbocycles. The number of aromatic nitrogens is 1. The molecule has 6 nitrogen and oxygen atoms in total. The van der Waals surface area contributed by atoms with E-state index in [0.717, 1.165) is 12.0 Å². The maximum absolute atomic E-state index is 12.4. The zero-order valence-electron chi connectivity index (χ0n) is 15.8.